The lowest BCUT2D eigenvalue weighted by molar-refractivity contribution is -0.156. The van der Waals surface area contributed by atoms with Crippen molar-refractivity contribution in [1.82, 2.24) is 0 Å². The zero-order valence-electron chi connectivity index (χ0n) is 16.6. The van der Waals surface area contributed by atoms with E-state index in [-0.39, 0.29) is 24.3 Å². The molecule has 2 fully saturated rings. The first-order valence-corrected chi connectivity index (χ1v) is 10.3. The van der Waals surface area contributed by atoms with Gasteiger partial charge in [-0.25, -0.2) is 0 Å². The van der Waals surface area contributed by atoms with E-state index in [1.807, 2.05) is 0 Å². The van der Waals surface area contributed by atoms with Crippen molar-refractivity contribution < 1.29 is 19.0 Å². The summed E-state index contributed by atoms with van der Waals surface area (Å²) in [6, 6.07) is 8.63. The Morgan fingerprint density at radius 1 is 1.19 bits per heavy atom. The van der Waals surface area contributed by atoms with Gasteiger partial charge in [-0.3, -0.25) is 4.79 Å². The fourth-order valence-corrected chi connectivity index (χ4v) is 4.10. The van der Waals surface area contributed by atoms with E-state index in [0.717, 1.165) is 63.7 Å². The average molecular weight is 373 g/mol. The quantitative estimate of drug-likeness (QED) is 0.494. The molecule has 0 aromatic heterocycles. The molecule has 1 saturated carbocycles. The van der Waals surface area contributed by atoms with Gasteiger partial charge in [0.05, 0.1) is 12.5 Å². The fourth-order valence-electron chi connectivity index (χ4n) is 4.10. The van der Waals surface area contributed by atoms with Crippen LogP contribution in [-0.4, -0.2) is 25.0 Å². The Hall–Kier alpha value is -1.81. The summed E-state index contributed by atoms with van der Waals surface area (Å²) in [5.74, 6) is 0.898. The van der Waals surface area contributed by atoms with E-state index >= 15 is 0 Å². The smallest absolute Gasteiger partial charge is 0.302 e. The van der Waals surface area contributed by atoms with Gasteiger partial charge in [-0.05, 0) is 63.5 Å². The maximum absolute atomic E-state index is 11.5. The van der Waals surface area contributed by atoms with Gasteiger partial charge in [0.15, 0.2) is 6.29 Å². The van der Waals surface area contributed by atoms with Crippen molar-refractivity contribution in [3.05, 3.63) is 47.2 Å². The van der Waals surface area contributed by atoms with Crippen LogP contribution in [0.5, 0.6) is 0 Å². The minimum absolute atomic E-state index is 0.0729. The zero-order valence-corrected chi connectivity index (χ0v) is 16.6. The summed E-state index contributed by atoms with van der Waals surface area (Å²) in [6.07, 6.45) is 10.00. The summed E-state index contributed by atoms with van der Waals surface area (Å²) in [5.41, 5.74) is 2.62. The number of carbonyl (C=O) groups is 1. The van der Waals surface area contributed by atoms with Crippen LogP contribution in [0, 0.1) is 12.8 Å². The first-order valence-electron chi connectivity index (χ1n) is 10.3. The summed E-state index contributed by atoms with van der Waals surface area (Å²) in [5, 5.41) is 0. The molecule has 4 nitrogen and oxygen atoms in total. The summed E-state index contributed by atoms with van der Waals surface area (Å²) in [6.45, 7) is 4.37. The van der Waals surface area contributed by atoms with E-state index in [4.69, 9.17) is 14.2 Å². The number of carbonyl (C=O) groups excluding carboxylic acids is 1. The molecule has 148 valence electrons. The first kappa shape index (κ1) is 19.9. The van der Waals surface area contributed by atoms with Gasteiger partial charge >= 0.3 is 5.97 Å². The van der Waals surface area contributed by atoms with Crippen LogP contribution in [0.25, 0.3) is 0 Å². The highest BCUT2D eigenvalue weighted by Gasteiger charge is 2.35. The van der Waals surface area contributed by atoms with Crippen molar-refractivity contribution in [1.29, 1.82) is 0 Å². The second-order valence-corrected chi connectivity index (χ2v) is 7.73. The van der Waals surface area contributed by atoms with Crippen LogP contribution in [0.1, 0.15) is 63.0 Å². The number of allylic oxidation sites excluding steroid dienone is 1. The Morgan fingerprint density at radius 2 is 2.07 bits per heavy atom. The van der Waals surface area contributed by atoms with E-state index < -0.39 is 0 Å². The molecule has 0 amide bonds. The molecule has 0 radical (unpaired) electrons. The van der Waals surface area contributed by atoms with Crippen LogP contribution in [0.2, 0.25) is 0 Å². The Labute approximate surface area is 162 Å². The molecule has 0 N–H and O–H groups in total. The summed E-state index contributed by atoms with van der Waals surface area (Å²) < 4.78 is 17.7. The molecule has 27 heavy (non-hydrogen) atoms. The Kier molecular flexibility index (Phi) is 7.33. The third-order valence-electron chi connectivity index (χ3n) is 5.40. The van der Waals surface area contributed by atoms with Gasteiger partial charge in [0, 0.05) is 13.3 Å². The second-order valence-electron chi connectivity index (χ2n) is 7.73. The van der Waals surface area contributed by atoms with Gasteiger partial charge in [0.1, 0.15) is 11.9 Å². The topological polar surface area (TPSA) is 44.8 Å². The number of hydrogen-bond donors (Lipinski definition) is 0. The maximum Gasteiger partial charge on any atom is 0.302 e. The Morgan fingerprint density at radius 3 is 2.81 bits per heavy atom. The maximum atomic E-state index is 11.5. The lowest BCUT2D eigenvalue weighted by atomic mass is 10.00. The largest absolute Gasteiger partial charge is 0.469 e. The standard InChI is InChI=1S/C23H32O4/c1-17-8-5-9-19(16-17)10-6-12-22(27-23-14-3-4-15-25-23)20-11-7-13-21(20)26-18(2)24/h5,8-9,12,16,20-21,23H,3-4,6-7,10-11,13-15H2,1-2H3/t20-,21-,23?/m1/s1. The van der Waals surface area contributed by atoms with Gasteiger partial charge in [-0.15, -0.1) is 0 Å². The van der Waals surface area contributed by atoms with E-state index in [9.17, 15) is 4.79 Å². The van der Waals surface area contributed by atoms with Crippen molar-refractivity contribution in [3.8, 4) is 0 Å². The molecule has 1 saturated heterocycles. The predicted octanol–water partition coefficient (Wildman–Crippen LogP) is 5.09. The van der Waals surface area contributed by atoms with E-state index in [1.54, 1.807) is 0 Å². The summed E-state index contributed by atoms with van der Waals surface area (Å²) in [7, 11) is 0. The minimum Gasteiger partial charge on any atom is -0.469 e. The minimum atomic E-state index is -0.208. The number of ether oxygens (including phenoxy) is 3. The molecule has 0 bridgehead atoms. The Bertz CT molecular complexity index is 646. The van der Waals surface area contributed by atoms with Gasteiger partial charge in [0.2, 0.25) is 0 Å². The summed E-state index contributed by atoms with van der Waals surface area (Å²) in [4.78, 5) is 11.5. The predicted molar refractivity (Wildman–Crippen MR) is 105 cm³/mol. The first-order chi connectivity index (χ1) is 13.1. The third-order valence-corrected chi connectivity index (χ3v) is 5.40. The molecule has 1 aromatic rings. The highest BCUT2D eigenvalue weighted by Crippen LogP contribution is 2.36. The lowest BCUT2D eigenvalue weighted by Crippen LogP contribution is -2.28. The third kappa shape index (κ3) is 6.10. The normalized spacial score (nSPS) is 26.0. The molecule has 1 heterocycles. The van der Waals surface area contributed by atoms with Crippen LogP contribution >= 0.6 is 0 Å². The highest BCUT2D eigenvalue weighted by atomic mass is 16.7. The van der Waals surface area contributed by atoms with Crippen LogP contribution in [0.3, 0.4) is 0 Å². The van der Waals surface area contributed by atoms with Gasteiger partial charge in [0.25, 0.3) is 0 Å². The Balaban J connectivity index is 1.68. The monoisotopic (exact) mass is 372 g/mol. The van der Waals surface area contributed by atoms with Crippen LogP contribution < -0.4 is 0 Å². The van der Waals surface area contributed by atoms with Crippen molar-refractivity contribution in [2.45, 2.75) is 77.6 Å². The molecule has 0 spiro atoms. The molecule has 4 heteroatoms. The van der Waals surface area contributed by atoms with Crippen LogP contribution in [0.4, 0.5) is 0 Å². The highest BCUT2D eigenvalue weighted by molar-refractivity contribution is 5.66. The van der Waals surface area contributed by atoms with Crippen molar-refractivity contribution >= 4 is 5.97 Å². The van der Waals surface area contributed by atoms with Crippen LogP contribution in [0.15, 0.2) is 36.1 Å². The molecule has 1 aliphatic carbocycles. The lowest BCUT2D eigenvalue weighted by Gasteiger charge is -2.29. The van der Waals surface area contributed by atoms with E-state index in [0.29, 0.717) is 0 Å². The number of benzene rings is 1. The number of rotatable bonds is 7. The average Bonchev–Trinajstić information content (AvgIpc) is 3.09. The van der Waals surface area contributed by atoms with Gasteiger partial charge < -0.3 is 14.2 Å². The SMILES string of the molecule is CC(=O)O[C@@H]1CCC[C@H]1C(=CCCc1cccc(C)c1)OC1CCCCO1. The van der Waals surface area contributed by atoms with E-state index in [1.165, 1.54) is 18.1 Å². The number of esters is 1. The van der Waals surface area contributed by atoms with Gasteiger partial charge in [-0.2, -0.15) is 0 Å². The fraction of sp³-hybridized carbons (Fsp3) is 0.609. The molecular weight excluding hydrogens is 340 g/mol. The van der Waals surface area contributed by atoms with Crippen molar-refractivity contribution in [2.75, 3.05) is 6.61 Å². The molecule has 2 aliphatic rings. The van der Waals surface area contributed by atoms with E-state index in [2.05, 4.69) is 37.3 Å². The molecule has 1 unspecified atom stereocenters. The molecule has 3 rings (SSSR count). The second kappa shape index (κ2) is 9.93. The molecular formula is C23H32O4. The number of hydrogen-bond acceptors (Lipinski definition) is 4. The summed E-state index contributed by atoms with van der Waals surface area (Å²) >= 11 is 0. The molecule has 1 aromatic carbocycles. The zero-order chi connectivity index (χ0) is 19.1. The number of aryl methyl sites for hydroxylation is 2. The van der Waals surface area contributed by atoms with Crippen LogP contribution in [-0.2, 0) is 25.4 Å². The molecule has 1 aliphatic heterocycles. The molecule has 3 atom stereocenters. The van der Waals surface area contributed by atoms with Gasteiger partial charge in [-0.1, -0.05) is 29.8 Å². The van der Waals surface area contributed by atoms with Crippen molar-refractivity contribution in [2.24, 2.45) is 5.92 Å². The van der Waals surface area contributed by atoms with Crippen molar-refractivity contribution in [3.63, 3.8) is 0 Å².